The number of carbonyl (C=O) groups excluding carboxylic acids is 1. The highest BCUT2D eigenvalue weighted by molar-refractivity contribution is 5.88. The predicted molar refractivity (Wildman–Crippen MR) is 90.6 cm³/mol. The van der Waals surface area contributed by atoms with Crippen LogP contribution in [0.5, 0.6) is 0 Å². The van der Waals surface area contributed by atoms with Gasteiger partial charge in [-0.15, -0.1) is 0 Å². The van der Waals surface area contributed by atoms with Crippen molar-refractivity contribution >= 4 is 5.91 Å². The van der Waals surface area contributed by atoms with E-state index in [1.165, 1.54) is 5.56 Å². The molecule has 1 aliphatic heterocycles. The lowest BCUT2D eigenvalue weighted by Gasteiger charge is -2.54. The van der Waals surface area contributed by atoms with E-state index in [0.717, 1.165) is 13.0 Å². The molecule has 3 heteroatoms. The molecule has 0 spiro atoms. The molecule has 0 aromatic carbocycles. The van der Waals surface area contributed by atoms with Crippen molar-refractivity contribution in [2.45, 2.75) is 53.9 Å². The third kappa shape index (κ3) is 2.17. The maximum atomic E-state index is 13.4. The van der Waals surface area contributed by atoms with Gasteiger partial charge in [0.15, 0.2) is 0 Å². The molecule has 0 radical (unpaired) electrons. The van der Waals surface area contributed by atoms with Crippen molar-refractivity contribution in [1.29, 1.82) is 0 Å². The zero-order valence-corrected chi connectivity index (χ0v) is 15.1. The van der Waals surface area contributed by atoms with Crippen LogP contribution in [-0.4, -0.2) is 29.4 Å². The molecule has 122 valence electrons. The number of carbonyl (C=O) groups is 1. The van der Waals surface area contributed by atoms with Crippen LogP contribution >= 0.6 is 0 Å². The SMILES string of the molecule is CCC(C)(C)C1(C(C)(C)C)C(=O)N(C)CC1c1cccnc1. The average molecular weight is 302 g/mol. The highest BCUT2D eigenvalue weighted by atomic mass is 16.2. The minimum absolute atomic E-state index is 0.0897. The van der Waals surface area contributed by atoms with Crippen LogP contribution < -0.4 is 0 Å². The van der Waals surface area contributed by atoms with Gasteiger partial charge in [-0.3, -0.25) is 9.78 Å². The van der Waals surface area contributed by atoms with Crippen molar-refractivity contribution in [3.8, 4) is 0 Å². The van der Waals surface area contributed by atoms with Crippen LogP contribution in [0.15, 0.2) is 24.5 Å². The summed E-state index contributed by atoms with van der Waals surface area (Å²) in [6, 6.07) is 4.10. The smallest absolute Gasteiger partial charge is 0.230 e. The first-order valence-electron chi connectivity index (χ1n) is 8.25. The van der Waals surface area contributed by atoms with Crippen LogP contribution in [0.1, 0.15) is 59.4 Å². The Hall–Kier alpha value is -1.38. The number of likely N-dealkylation sites (N-methyl/N-ethyl adjacent to an activating group) is 1. The first kappa shape index (κ1) is 17.0. The number of nitrogens with zero attached hydrogens (tertiary/aromatic N) is 2. The summed E-state index contributed by atoms with van der Waals surface area (Å²) in [6.07, 6.45) is 4.71. The number of hydrogen-bond acceptors (Lipinski definition) is 2. The number of likely N-dealkylation sites (tertiary alicyclic amines) is 1. The molecular formula is C19H30N2O. The summed E-state index contributed by atoms with van der Waals surface area (Å²) in [5, 5.41) is 0. The Morgan fingerprint density at radius 1 is 1.32 bits per heavy atom. The van der Waals surface area contributed by atoms with Crippen LogP contribution in [0.4, 0.5) is 0 Å². The van der Waals surface area contributed by atoms with Gasteiger partial charge < -0.3 is 4.90 Å². The number of pyridine rings is 1. The summed E-state index contributed by atoms with van der Waals surface area (Å²) in [6.45, 7) is 14.1. The molecule has 2 rings (SSSR count). The number of hydrogen-bond donors (Lipinski definition) is 0. The molecule has 3 nitrogen and oxygen atoms in total. The Kier molecular flexibility index (Phi) is 4.14. The molecule has 2 unspecified atom stereocenters. The van der Waals surface area contributed by atoms with E-state index in [-0.39, 0.29) is 22.7 Å². The van der Waals surface area contributed by atoms with Crippen molar-refractivity contribution in [1.82, 2.24) is 9.88 Å². The summed E-state index contributed by atoms with van der Waals surface area (Å²) < 4.78 is 0. The summed E-state index contributed by atoms with van der Waals surface area (Å²) in [5.74, 6) is 0.453. The molecule has 1 amide bonds. The van der Waals surface area contributed by atoms with Crippen molar-refractivity contribution in [2.75, 3.05) is 13.6 Å². The topological polar surface area (TPSA) is 33.2 Å². The number of rotatable bonds is 3. The second-order valence-corrected chi connectivity index (χ2v) is 8.32. The van der Waals surface area contributed by atoms with E-state index in [1.54, 1.807) is 6.20 Å². The summed E-state index contributed by atoms with van der Waals surface area (Å²) >= 11 is 0. The largest absolute Gasteiger partial charge is 0.345 e. The fourth-order valence-corrected chi connectivity index (χ4v) is 4.78. The normalized spacial score (nSPS) is 26.6. The van der Waals surface area contributed by atoms with Crippen LogP contribution in [0.25, 0.3) is 0 Å². The van der Waals surface area contributed by atoms with Gasteiger partial charge in [0.1, 0.15) is 0 Å². The van der Waals surface area contributed by atoms with Crippen molar-refractivity contribution in [2.24, 2.45) is 16.2 Å². The Morgan fingerprint density at radius 3 is 2.41 bits per heavy atom. The summed E-state index contributed by atoms with van der Waals surface area (Å²) in [7, 11) is 1.94. The molecule has 1 saturated heterocycles. The number of amides is 1. The lowest BCUT2D eigenvalue weighted by atomic mass is 9.47. The lowest BCUT2D eigenvalue weighted by Crippen LogP contribution is -2.55. The molecule has 1 aliphatic rings. The molecule has 0 bridgehead atoms. The van der Waals surface area contributed by atoms with Crippen LogP contribution in [0.3, 0.4) is 0 Å². The third-order valence-electron chi connectivity index (χ3n) is 5.88. The van der Waals surface area contributed by atoms with E-state index in [1.807, 2.05) is 24.2 Å². The third-order valence-corrected chi connectivity index (χ3v) is 5.88. The highest BCUT2D eigenvalue weighted by Gasteiger charge is 2.66. The number of aromatic nitrogens is 1. The second-order valence-electron chi connectivity index (χ2n) is 8.32. The van der Waals surface area contributed by atoms with E-state index in [0.29, 0.717) is 0 Å². The van der Waals surface area contributed by atoms with Crippen LogP contribution in [0.2, 0.25) is 0 Å². The molecule has 2 heterocycles. The molecule has 0 saturated carbocycles. The van der Waals surface area contributed by atoms with Gasteiger partial charge in [-0.25, -0.2) is 0 Å². The summed E-state index contributed by atoms with van der Waals surface area (Å²) in [5.41, 5.74) is 0.534. The quantitative estimate of drug-likeness (QED) is 0.842. The molecule has 1 fully saturated rings. The van der Waals surface area contributed by atoms with Gasteiger partial charge >= 0.3 is 0 Å². The predicted octanol–water partition coefficient (Wildman–Crippen LogP) is 4.11. The molecule has 1 aromatic heterocycles. The first-order chi connectivity index (χ1) is 10.1. The van der Waals surface area contributed by atoms with Gasteiger partial charge in [0.25, 0.3) is 0 Å². The first-order valence-corrected chi connectivity index (χ1v) is 8.25. The average Bonchev–Trinajstić information content (AvgIpc) is 2.73. The van der Waals surface area contributed by atoms with Crippen molar-refractivity contribution in [3.63, 3.8) is 0 Å². The lowest BCUT2D eigenvalue weighted by molar-refractivity contribution is -0.153. The van der Waals surface area contributed by atoms with E-state index in [4.69, 9.17) is 0 Å². The van der Waals surface area contributed by atoms with Gasteiger partial charge in [0, 0.05) is 31.9 Å². The fourth-order valence-electron chi connectivity index (χ4n) is 4.78. The highest BCUT2D eigenvalue weighted by Crippen LogP contribution is 2.64. The Labute approximate surface area is 135 Å². The van der Waals surface area contributed by atoms with Crippen LogP contribution in [0, 0.1) is 16.2 Å². The maximum absolute atomic E-state index is 13.4. The molecule has 0 aliphatic carbocycles. The Bertz CT molecular complexity index is 544. The summed E-state index contributed by atoms with van der Waals surface area (Å²) in [4.78, 5) is 19.6. The van der Waals surface area contributed by atoms with E-state index in [9.17, 15) is 4.79 Å². The monoisotopic (exact) mass is 302 g/mol. The van der Waals surface area contributed by atoms with Gasteiger partial charge in [0.2, 0.25) is 5.91 Å². The van der Waals surface area contributed by atoms with Gasteiger partial charge in [-0.1, -0.05) is 47.6 Å². The minimum atomic E-state index is -0.424. The van der Waals surface area contributed by atoms with Crippen molar-refractivity contribution in [3.05, 3.63) is 30.1 Å². The molecular weight excluding hydrogens is 272 g/mol. The second kappa shape index (κ2) is 5.36. The van der Waals surface area contributed by atoms with Gasteiger partial charge in [-0.2, -0.15) is 0 Å². The molecule has 2 atom stereocenters. The van der Waals surface area contributed by atoms with Crippen LogP contribution in [-0.2, 0) is 4.79 Å². The fraction of sp³-hybridized carbons (Fsp3) is 0.684. The Morgan fingerprint density at radius 2 is 1.95 bits per heavy atom. The zero-order chi connectivity index (χ0) is 16.8. The Balaban J connectivity index is 2.74. The van der Waals surface area contributed by atoms with Crippen molar-refractivity contribution < 1.29 is 4.79 Å². The van der Waals surface area contributed by atoms with E-state index in [2.05, 4.69) is 52.6 Å². The molecule has 1 aromatic rings. The molecule has 0 N–H and O–H groups in total. The zero-order valence-electron chi connectivity index (χ0n) is 15.1. The van der Waals surface area contributed by atoms with E-state index < -0.39 is 5.41 Å². The standard InChI is InChI=1S/C19H30N2O/c1-8-18(5,6)19(17(2,3)4)15(13-21(7)16(19)22)14-10-9-11-20-12-14/h9-12,15H,8,13H2,1-7H3. The van der Waals surface area contributed by atoms with Gasteiger partial charge in [-0.05, 0) is 28.9 Å². The maximum Gasteiger partial charge on any atom is 0.230 e. The molecule has 22 heavy (non-hydrogen) atoms. The van der Waals surface area contributed by atoms with Gasteiger partial charge in [0.05, 0.1) is 5.41 Å². The van der Waals surface area contributed by atoms with E-state index >= 15 is 0 Å². The minimum Gasteiger partial charge on any atom is -0.345 e.